The third kappa shape index (κ3) is 3.14. The van der Waals surface area contributed by atoms with Crippen LogP contribution < -0.4 is 5.32 Å². The van der Waals surface area contributed by atoms with Gasteiger partial charge < -0.3 is 5.32 Å². The van der Waals surface area contributed by atoms with Crippen LogP contribution in [-0.2, 0) is 4.79 Å². The molecule has 2 aromatic rings. The molecule has 4 nitrogen and oxygen atoms in total. The molecule has 1 saturated heterocycles. The van der Waals surface area contributed by atoms with Gasteiger partial charge in [-0.1, -0.05) is 0 Å². The normalized spacial score (nSPS) is 23.3. The number of thiazole rings is 1. The Morgan fingerprint density at radius 3 is 2.87 bits per heavy atom. The van der Waals surface area contributed by atoms with Crippen LogP contribution in [-0.4, -0.2) is 34.9 Å². The largest absolute Gasteiger partial charge is 0.301 e. The van der Waals surface area contributed by atoms with Gasteiger partial charge in [0.1, 0.15) is 5.82 Å². The number of anilines is 1. The lowest BCUT2D eigenvalue weighted by Crippen LogP contribution is -2.38. The first kappa shape index (κ1) is 14.8. The average molecular weight is 331 g/mol. The minimum absolute atomic E-state index is 0.00226. The van der Waals surface area contributed by atoms with E-state index >= 15 is 0 Å². The predicted octanol–water partition coefficient (Wildman–Crippen LogP) is 3.37. The molecule has 120 valence electrons. The van der Waals surface area contributed by atoms with Crippen molar-refractivity contribution in [3.8, 4) is 11.3 Å². The third-order valence-corrected chi connectivity index (χ3v) is 5.52. The maximum atomic E-state index is 13.0. The molecule has 1 aromatic heterocycles. The second-order valence-electron chi connectivity index (χ2n) is 6.36. The zero-order valence-corrected chi connectivity index (χ0v) is 13.5. The van der Waals surface area contributed by atoms with E-state index in [-0.39, 0.29) is 11.7 Å². The quantitative estimate of drug-likeness (QED) is 0.934. The van der Waals surface area contributed by atoms with Gasteiger partial charge in [0, 0.05) is 23.5 Å². The van der Waals surface area contributed by atoms with E-state index in [2.05, 4.69) is 15.2 Å². The van der Waals surface area contributed by atoms with E-state index in [0.717, 1.165) is 23.7 Å². The van der Waals surface area contributed by atoms with E-state index < -0.39 is 0 Å². The van der Waals surface area contributed by atoms with Gasteiger partial charge in [0.25, 0.3) is 0 Å². The summed E-state index contributed by atoms with van der Waals surface area (Å²) in [6.07, 6.45) is 3.79. The van der Waals surface area contributed by atoms with Crippen LogP contribution in [0.2, 0.25) is 0 Å². The smallest absolute Gasteiger partial charge is 0.240 e. The summed E-state index contributed by atoms with van der Waals surface area (Å²) in [4.78, 5) is 18.9. The van der Waals surface area contributed by atoms with E-state index in [9.17, 15) is 9.18 Å². The number of fused-ring (bicyclic) bond motifs is 2. The van der Waals surface area contributed by atoms with Crippen molar-refractivity contribution in [2.75, 3.05) is 18.4 Å². The summed E-state index contributed by atoms with van der Waals surface area (Å²) in [5, 5.41) is 5.35. The topological polar surface area (TPSA) is 45.2 Å². The van der Waals surface area contributed by atoms with Crippen molar-refractivity contribution in [2.45, 2.75) is 25.3 Å². The number of halogens is 1. The summed E-state index contributed by atoms with van der Waals surface area (Å²) in [7, 11) is 0. The first-order chi connectivity index (χ1) is 11.2. The average Bonchev–Trinajstić information content (AvgIpc) is 3.24. The zero-order valence-electron chi connectivity index (χ0n) is 12.7. The van der Waals surface area contributed by atoms with Crippen LogP contribution in [0.4, 0.5) is 9.52 Å². The first-order valence-electron chi connectivity index (χ1n) is 7.93. The highest BCUT2D eigenvalue weighted by atomic mass is 32.1. The Hall–Kier alpha value is -1.79. The predicted molar refractivity (Wildman–Crippen MR) is 88.8 cm³/mol. The Bertz CT molecular complexity index is 715. The van der Waals surface area contributed by atoms with Gasteiger partial charge in [0.2, 0.25) is 5.91 Å². The van der Waals surface area contributed by atoms with Crippen LogP contribution in [0, 0.1) is 11.7 Å². The fraction of sp³-hybridized carbons (Fsp3) is 0.412. The van der Waals surface area contributed by atoms with Gasteiger partial charge in [-0.3, -0.25) is 9.69 Å². The number of likely N-dealkylation sites (tertiary alicyclic amines) is 1. The number of rotatable bonds is 4. The van der Waals surface area contributed by atoms with Crippen LogP contribution in [0.15, 0.2) is 29.6 Å². The van der Waals surface area contributed by atoms with Crippen LogP contribution in [0.3, 0.4) is 0 Å². The summed E-state index contributed by atoms with van der Waals surface area (Å²) in [5.74, 6) is 0.521. The van der Waals surface area contributed by atoms with E-state index in [4.69, 9.17) is 0 Å². The Labute approximate surface area is 138 Å². The molecule has 1 saturated carbocycles. The van der Waals surface area contributed by atoms with Crippen LogP contribution in [0.1, 0.15) is 19.3 Å². The molecule has 1 N–H and O–H groups in total. The highest BCUT2D eigenvalue weighted by Crippen LogP contribution is 2.37. The number of nitrogens with one attached hydrogen (secondary N) is 1. The second-order valence-corrected chi connectivity index (χ2v) is 7.21. The molecule has 23 heavy (non-hydrogen) atoms. The molecule has 1 amide bonds. The molecule has 2 aliphatic rings. The van der Waals surface area contributed by atoms with E-state index in [1.165, 1.54) is 42.7 Å². The molecule has 4 rings (SSSR count). The fourth-order valence-electron chi connectivity index (χ4n) is 3.65. The molecular weight excluding hydrogens is 313 g/mol. The van der Waals surface area contributed by atoms with E-state index in [1.807, 2.05) is 5.38 Å². The number of aromatic nitrogens is 1. The summed E-state index contributed by atoms with van der Waals surface area (Å²) in [5.41, 5.74) is 1.60. The van der Waals surface area contributed by atoms with Crippen LogP contribution in [0.5, 0.6) is 0 Å². The third-order valence-electron chi connectivity index (χ3n) is 4.76. The van der Waals surface area contributed by atoms with Gasteiger partial charge in [-0.05, 0) is 49.4 Å². The van der Waals surface area contributed by atoms with Crippen LogP contribution >= 0.6 is 11.3 Å². The molecule has 0 spiro atoms. The van der Waals surface area contributed by atoms with Crippen molar-refractivity contribution in [1.82, 2.24) is 9.88 Å². The lowest BCUT2D eigenvalue weighted by atomic mass is 10.1. The Kier molecular flexibility index (Phi) is 3.87. The number of hydrogen-bond acceptors (Lipinski definition) is 4. The van der Waals surface area contributed by atoms with Gasteiger partial charge >= 0.3 is 0 Å². The molecule has 6 heteroatoms. The molecule has 1 aromatic carbocycles. The minimum atomic E-state index is -0.266. The highest BCUT2D eigenvalue weighted by molar-refractivity contribution is 7.14. The minimum Gasteiger partial charge on any atom is -0.301 e. The number of carbonyl (C=O) groups excluding carboxylic acids is 1. The van der Waals surface area contributed by atoms with E-state index in [0.29, 0.717) is 17.7 Å². The molecular formula is C17H18FN3OS. The Morgan fingerprint density at radius 2 is 2.17 bits per heavy atom. The molecule has 0 unspecified atom stereocenters. The molecule has 2 heterocycles. The number of hydrogen-bond donors (Lipinski definition) is 1. The lowest BCUT2D eigenvalue weighted by Gasteiger charge is -2.25. The number of carbonyl (C=O) groups is 1. The van der Waals surface area contributed by atoms with Gasteiger partial charge in [0.15, 0.2) is 5.13 Å². The SMILES string of the molecule is O=C(CN1C[C@@H]2CC[C@H]1C2)Nc1nc(-c2ccc(F)cc2)cs1. The summed E-state index contributed by atoms with van der Waals surface area (Å²) in [6.45, 7) is 1.50. The van der Waals surface area contributed by atoms with Gasteiger partial charge in [-0.2, -0.15) is 0 Å². The number of piperidine rings is 1. The van der Waals surface area contributed by atoms with Gasteiger partial charge in [-0.25, -0.2) is 9.37 Å². The molecule has 2 atom stereocenters. The number of nitrogens with zero attached hydrogens (tertiary/aromatic N) is 2. The maximum absolute atomic E-state index is 13.0. The van der Waals surface area contributed by atoms with Gasteiger partial charge in [0.05, 0.1) is 12.2 Å². The van der Waals surface area contributed by atoms with Crippen molar-refractivity contribution in [3.63, 3.8) is 0 Å². The molecule has 1 aliphatic heterocycles. The Balaban J connectivity index is 1.37. The molecule has 2 bridgehead atoms. The van der Waals surface area contributed by atoms with Crippen molar-refractivity contribution in [1.29, 1.82) is 0 Å². The monoisotopic (exact) mass is 331 g/mol. The van der Waals surface area contributed by atoms with Crippen LogP contribution in [0.25, 0.3) is 11.3 Å². The lowest BCUT2D eigenvalue weighted by molar-refractivity contribution is -0.117. The van der Waals surface area contributed by atoms with Crippen molar-refractivity contribution >= 4 is 22.4 Å². The molecule has 0 radical (unpaired) electrons. The van der Waals surface area contributed by atoms with E-state index in [1.54, 1.807) is 12.1 Å². The molecule has 1 aliphatic carbocycles. The molecule has 2 fully saturated rings. The Morgan fingerprint density at radius 1 is 1.35 bits per heavy atom. The van der Waals surface area contributed by atoms with Crippen molar-refractivity contribution < 1.29 is 9.18 Å². The van der Waals surface area contributed by atoms with Crippen molar-refractivity contribution in [3.05, 3.63) is 35.5 Å². The van der Waals surface area contributed by atoms with Gasteiger partial charge in [-0.15, -0.1) is 11.3 Å². The summed E-state index contributed by atoms with van der Waals surface area (Å²) >= 11 is 1.39. The summed E-state index contributed by atoms with van der Waals surface area (Å²) < 4.78 is 13.0. The second kappa shape index (κ2) is 6.02. The number of amides is 1. The first-order valence-corrected chi connectivity index (χ1v) is 8.81. The summed E-state index contributed by atoms with van der Waals surface area (Å²) in [6, 6.07) is 6.80. The number of benzene rings is 1. The van der Waals surface area contributed by atoms with Crippen molar-refractivity contribution in [2.24, 2.45) is 5.92 Å². The standard InChI is InChI=1S/C17H18FN3OS/c18-13-4-2-12(3-5-13)15-10-23-17(19-15)20-16(22)9-21-8-11-1-6-14(21)7-11/h2-5,10-11,14H,1,6-9H2,(H,19,20,22)/t11-,14+/m1/s1. The zero-order chi connectivity index (χ0) is 15.8. The maximum Gasteiger partial charge on any atom is 0.240 e. The highest BCUT2D eigenvalue weighted by Gasteiger charge is 2.38. The fourth-order valence-corrected chi connectivity index (χ4v) is 4.38.